The van der Waals surface area contributed by atoms with Crippen LogP contribution in [-0.2, 0) is 0 Å². The Bertz CT molecular complexity index is 439. The maximum absolute atomic E-state index is 12.7. The number of hydrogen-bond acceptors (Lipinski definition) is 1. The molecular formula is C11H7BrFN. The second-order valence-corrected chi connectivity index (χ2v) is 3.72. The molecule has 0 bridgehead atoms. The highest BCUT2D eigenvalue weighted by Gasteiger charge is 2.01. The third-order valence-corrected chi connectivity index (χ3v) is 2.61. The molecule has 0 radical (unpaired) electrons. The van der Waals surface area contributed by atoms with E-state index >= 15 is 0 Å². The SMILES string of the molecule is Fc1ccc(-c2cnccc2Br)cc1. The van der Waals surface area contributed by atoms with Gasteiger partial charge < -0.3 is 0 Å². The highest BCUT2D eigenvalue weighted by atomic mass is 79.9. The van der Waals surface area contributed by atoms with Gasteiger partial charge in [-0.2, -0.15) is 0 Å². The summed E-state index contributed by atoms with van der Waals surface area (Å²) in [5, 5.41) is 0. The van der Waals surface area contributed by atoms with Crippen molar-refractivity contribution in [1.82, 2.24) is 4.98 Å². The zero-order valence-electron chi connectivity index (χ0n) is 7.24. The lowest BCUT2D eigenvalue weighted by molar-refractivity contribution is 0.628. The molecule has 3 heteroatoms. The quantitative estimate of drug-likeness (QED) is 0.754. The molecule has 1 nitrogen and oxygen atoms in total. The smallest absolute Gasteiger partial charge is 0.123 e. The number of benzene rings is 1. The second kappa shape index (κ2) is 3.88. The van der Waals surface area contributed by atoms with Crippen molar-refractivity contribution in [3.63, 3.8) is 0 Å². The van der Waals surface area contributed by atoms with Crippen LogP contribution in [0.1, 0.15) is 0 Å². The molecular weight excluding hydrogens is 245 g/mol. The zero-order valence-corrected chi connectivity index (χ0v) is 8.83. The molecule has 0 amide bonds. The van der Waals surface area contributed by atoms with E-state index in [1.807, 2.05) is 6.07 Å². The Morgan fingerprint density at radius 3 is 2.43 bits per heavy atom. The Balaban J connectivity index is 2.50. The number of nitrogens with zero attached hydrogens (tertiary/aromatic N) is 1. The lowest BCUT2D eigenvalue weighted by atomic mass is 10.1. The molecule has 14 heavy (non-hydrogen) atoms. The van der Waals surface area contributed by atoms with E-state index in [1.54, 1.807) is 24.5 Å². The molecule has 0 aliphatic heterocycles. The molecule has 1 aromatic carbocycles. The van der Waals surface area contributed by atoms with E-state index in [2.05, 4.69) is 20.9 Å². The molecule has 0 saturated heterocycles. The van der Waals surface area contributed by atoms with Crippen LogP contribution in [0.25, 0.3) is 11.1 Å². The lowest BCUT2D eigenvalue weighted by Crippen LogP contribution is -1.82. The van der Waals surface area contributed by atoms with Gasteiger partial charge in [-0.25, -0.2) is 4.39 Å². The molecule has 0 N–H and O–H groups in total. The topological polar surface area (TPSA) is 12.9 Å². The van der Waals surface area contributed by atoms with Gasteiger partial charge in [0.25, 0.3) is 0 Å². The molecule has 2 rings (SSSR count). The maximum atomic E-state index is 12.7. The minimum absolute atomic E-state index is 0.228. The van der Waals surface area contributed by atoms with Crippen LogP contribution in [0.2, 0.25) is 0 Å². The van der Waals surface area contributed by atoms with E-state index in [0.29, 0.717) is 0 Å². The molecule has 0 spiro atoms. The Morgan fingerprint density at radius 1 is 1.07 bits per heavy atom. The van der Waals surface area contributed by atoms with Crippen LogP contribution in [0.15, 0.2) is 47.2 Å². The first-order valence-corrected chi connectivity index (χ1v) is 4.92. The molecule has 1 aromatic heterocycles. The maximum Gasteiger partial charge on any atom is 0.123 e. The fourth-order valence-corrected chi connectivity index (χ4v) is 1.67. The van der Waals surface area contributed by atoms with Gasteiger partial charge in [0, 0.05) is 22.4 Å². The average Bonchev–Trinajstić information content (AvgIpc) is 2.20. The van der Waals surface area contributed by atoms with Crippen LogP contribution >= 0.6 is 15.9 Å². The Kier molecular flexibility index (Phi) is 2.59. The Hall–Kier alpha value is -1.22. The van der Waals surface area contributed by atoms with Gasteiger partial charge in [0.05, 0.1) is 0 Å². The summed E-state index contributed by atoms with van der Waals surface area (Å²) in [7, 11) is 0. The minimum atomic E-state index is -0.228. The summed E-state index contributed by atoms with van der Waals surface area (Å²) < 4.78 is 13.6. The highest BCUT2D eigenvalue weighted by Crippen LogP contribution is 2.26. The summed E-state index contributed by atoms with van der Waals surface area (Å²) in [4.78, 5) is 4.02. The van der Waals surface area contributed by atoms with Gasteiger partial charge in [-0.1, -0.05) is 28.1 Å². The van der Waals surface area contributed by atoms with Crippen molar-refractivity contribution in [3.8, 4) is 11.1 Å². The monoisotopic (exact) mass is 251 g/mol. The zero-order chi connectivity index (χ0) is 9.97. The predicted molar refractivity (Wildman–Crippen MR) is 57.3 cm³/mol. The number of halogens is 2. The minimum Gasteiger partial charge on any atom is -0.264 e. The van der Waals surface area contributed by atoms with E-state index < -0.39 is 0 Å². The Morgan fingerprint density at radius 2 is 1.79 bits per heavy atom. The van der Waals surface area contributed by atoms with Crippen molar-refractivity contribution < 1.29 is 4.39 Å². The molecule has 2 aromatic rings. The van der Waals surface area contributed by atoms with Gasteiger partial charge in [0.1, 0.15) is 5.82 Å². The first-order chi connectivity index (χ1) is 6.77. The third-order valence-electron chi connectivity index (χ3n) is 1.92. The van der Waals surface area contributed by atoms with Crippen LogP contribution < -0.4 is 0 Å². The van der Waals surface area contributed by atoms with Crippen molar-refractivity contribution in [3.05, 3.63) is 53.0 Å². The van der Waals surface area contributed by atoms with Crippen LogP contribution in [0, 0.1) is 5.82 Å². The molecule has 0 aliphatic rings. The van der Waals surface area contributed by atoms with Crippen LogP contribution in [0.4, 0.5) is 4.39 Å². The van der Waals surface area contributed by atoms with Crippen molar-refractivity contribution >= 4 is 15.9 Å². The van der Waals surface area contributed by atoms with Crippen LogP contribution in [0.3, 0.4) is 0 Å². The number of rotatable bonds is 1. The summed E-state index contributed by atoms with van der Waals surface area (Å²) in [5.74, 6) is -0.228. The number of pyridine rings is 1. The predicted octanol–water partition coefficient (Wildman–Crippen LogP) is 3.65. The van der Waals surface area contributed by atoms with Crippen molar-refractivity contribution in [1.29, 1.82) is 0 Å². The summed E-state index contributed by atoms with van der Waals surface area (Å²) in [6.45, 7) is 0. The number of aromatic nitrogens is 1. The van der Waals surface area contributed by atoms with Gasteiger partial charge in [0.15, 0.2) is 0 Å². The van der Waals surface area contributed by atoms with E-state index in [9.17, 15) is 4.39 Å². The molecule has 0 fully saturated rings. The summed E-state index contributed by atoms with van der Waals surface area (Å²) >= 11 is 3.42. The van der Waals surface area contributed by atoms with E-state index in [-0.39, 0.29) is 5.82 Å². The first kappa shape index (κ1) is 9.34. The molecule has 0 unspecified atom stereocenters. The van der Waals surface area contributed by atoms with E-state index in [0.717, 1.165) is 15.6 Å². The largest absolute Gasteiger partial charge is 0.264 e. The van der Waals surface area contributed by atoms with Crippen molar-refractivity contribution in [2.24, 2.45) is 0 Å². The van der Waals surface area contributed by atoms with Gasteiger partial charge in [-0.3, -0.25) is 4.98 Å². The van der Waals surface area contributed by atoms with Gasteiger partial charge in [-0.05, 0) is 23.8 Å². The van der Waals surface area contributed by atoms with Gasteiger partial charge in [0.2, 0.25) is 0 Å². The fraction of sp³-hybridized carbons (Fsp3) is 0. The molecule has 0 saturated carbocycles. The summed E-state index contributed by atoms with van der Waals surface area (Å²) in [5.41, 5.74) is 1.92. The summed E-state index contributed by atoms with van der Waals surface area (Å²) in [6, 6.07) is 8.20. The normalized spacial score (nSPS) is 10.1. The van der Waals surface area contributed by atoms with Crippen molar-refractivity contribution in [2.75, 3.05) is 0 Å². The lowest BCUT2D eigenvalue weighted by Gasteiger charge is -2.02. The summed E-state index contributed by atoms with van der Waals surface area (Å²) in [6.07, 6.45) is 3.45. The van der Waals surface area contributed by atoms with E-state index in [1.165, 1.54) is 12.1 Å². The van der Waals surface area contributed by atoms with Crippen LogP contribution in [-0.4, -0.2) is 4.98 Å². The van der Waals surface area contributed by atoms with Crippen LogP contribution in [0.5, 0.6) is 0 Å². The average molecular weight is 252 g/mol. The molecule has 1 heterocycles. The second-order valence-electron chi connectivity index (χ2n) is 2.86. The highest BCUT2D eigenvalue weighted by molar-refractivity contribution is 9.10. The molecule has 70 valence electrons. The van der Waals surface area contributed by atoms with Gasteiger partial charge >= 0.3 is 0 Å². The third kappa shape index (κ3) is 1.82. The fourth-order valence-electron chi connectivity index (χ4n) is 1.22. The standard InChI is InChI=1S/C11H7BrFN/c12-11-5-6-14-7-10(11)8-1-3-9(13)4-2-8/h1-7H. The first-order valence-electron chi connectivity index (χ1n) is 4.13. The van der Waals surface area contributed by atoms with Crippen molar-refractivity contribution in [2.45, 2.75) is 0 Å². The number of hydrogen-bond donors (Lipinski definition) is 0. The molecule has 0 atom stereocenters. The van der Waals surface area contributed by atoms with E-state index in [4.69, 9.17) is 0 Å². The molecule has 0 aliphatic carbocycles. The Labute approximate surface area is 89.7 Å². The van der Waals surface area contributed by atoms with Gasteiger partial charge in [-0.15, -0.1) is 0 Å².